The van der Waals surface area contributed by atoms with Gasteiger partial charge < -0.3 is 10.1 Å². The molecule has 0 aliphatic carbocycles. The molecule has 0 saturated carbocycles. The van der Waals surface area contributed by atoms with Crippen LogP contribution in [0.25, 0.3) is 0 Å². The van der Waals surface area contributed by atoms with E-state index in [1.54, 1.807) is 6.07 Å². The van der Waals surface area contributed by atoms with E-state index in [-0.39, 0.29) is 10.5 Å². The molecule has 1 fully saturated rings. The summed E-state index contributed by atoms with van der Waals surface area (Å²) in [4.78, 5) is 0. The van der Waals surface area contributed by atoms with Crippen LogP contribution in [0.5, 0.6) is 0 Å². The number of benzene rings is 1. The Balaban J connectivity index is 2.29. The van der Waals surface area contributed by atoms with E-state index in [1.165, 1.54) is 6.07 Å². The van der Waals surface area contributed by atoms with E-state index in [0.29, 0.717) is 5.92 Å². The Hall–Kier alpha value is -0.520. The lowest BCUT2D eigenvalue weighted by molar-refractivity contribution is 0.0545. The fourth-order valence-electron chi connectivity index (χ4n) is 2.48. The zero-order chi connectivity index (χ0) is 13.1. The van der Waals surface area contributed by atoms with Crippen LogP contribution >= 0.6 is 15.9 Å². The van der Waals surface area contributed by atoms with Gasteiger partial charge in [-0.25, -0.2) is 8.78 Å². The Bertz CT molecular complexity index is 422. The molecule has 1 aliphatic heterocycles. The van der Waals surface area contributed by atoms with Crippen LogP contribution < -0.4 is 5.32 Å². The first kappa shape index (κ1) is 13.9. The predicted octanol–water partition coefficient (Wildman–Crippen LogP) is 3.41. The van der Waals surface area contributed by atoms with Crippen molar-refractivity contribution in [2.24, 2.45) is 5.92 Å². The summed E-state index contributed by atoms with van der Waals surface area (Å²) in [6.07, 6.45) is 1.86. The van der Waals surface area contributed by atoms with Gasteiger partial charge in [0.05, 0.1) is 4.47 Å². The molecule has 1 aromatic rings. The lowest BCUT2D eigenvalue weighted by Crippen LogP contribution is -2.30. The number of nitrogens with one attached hydrogen (secondary N) is 1. The molecule has 0 spiro atoms. The molecular weight excluding hydrogens is 304 g/mol. The molecule has 5 heteroatoms. The van der Waals surface area contributed by atoms with Gasteiger partial charge >= 0.3 is 0 Å². The van der Waals surface area contributed by atoms with Crippen molar-refractivity contribution in [3.8, 4) is 0 Å². The largest absolute Gasteiger partial charge is 0.381 e. The molecule has 1 N–H and O–H groups in total. The summed E-state index contributed by atoms with van der Waals surface area (Å²) in [5.41, 5.74) is 0.767. The van der Waals surface area contributed by atoms with Gasteiger partial charge in [-0.3, -0.25) is 0 Å². The molecule has 0 aromatic heterocycles. The van der Waals surface area contributed by atoms with E-state index in [4.69, 9.17) is 4.74 Å². The molecule has 0 radical (unpaired) electrons. The number of rotatable bonds is 3. The summed E-state index contributed by atoms with van der Waals surface area (Å²) < 4.78 is 32.3. The van der Waals surface area contributed by atoms with Crippen molar-refractivity contribution in [2.75, 3.05) is 20.3 Å². The normalized spacial score (nSPS) is 18.9. The van der Waals surface area contributed by atoms with Gasteiger partial charge in [0.1, 0.15) is 0 Å². The Kier molecular flexibility index (Phi) is 4.70. The van der Waals surface area contributed by atoms with Crippen molar-refractivity contribution in [3.05, 3.63) is 33.8 Å². The van der Waals surface area contributed by atoms with E-state index in [1.807, 2.05) is 7.05 Å². The van der Waals surface area contributed by atoms with Crippen LogP contribution in [0.15, 0.2) is 16.6 Å². The van der Waals surface area contributed by atoms with Gasteiger partial charge in [-0.1, -0.05) is 6.07 Å². The zero-order valence-electron chi connectivity index (χ0n) is 10.2. The van der Waals surface area contributed by atoms with Crippen LogP contribution in [0.1, 0.15) is 24.4 Å². The standard InChI is InChI=1S/C13H16BrF2NO/c1-17-13(8-4-6-18-7-5-8)9-2-3-10(15)12(16)11(9)14/h2-3,8,13,17H,4-7H2,1H3. The second kappa shape index (κ2) is 6.08. The van der Waals surface area contributed by atoms with E-state index in [9.17, 15) is 8.78 Å². The Morgan fingerprint density at radius 3 is 2.61 bits per heavy atom. The Morgan fingerprint density at radius 1 is 1.33 bits per heavy atom. The van der Waals surface area contributed by atoms with Crippen molar-refractivity contribution in [1.29, 1.82) is 0 Å². The fourth-order valence-corrected chi connectivity index (χ4v) is 3.04. The van der Waals surface area contributed by atoms with Crippen molar-refractivity contribution in [1.82, 2.24) is 5.32 Å². The minimum atomic E-state index is -0.826. The highest BCUT2D eigenvalue weighted by Gasteiger charge is 2.27. The van der Waals surface area contributed by atoms with Crippen LogP contribution in [-0.4, -0.2) is 20.3 Å². The smallest absolute Gasteiger partial charge is 0.173 e. The second-order valence-corrected chi connectivity index (χ2v) is 5.27. The molecule has 1 atom stereocenters. The summed E-state index contributed by atoms with van der Waals surface area (Å²) in [6, 6.07) is 2.83. The SMILES string of the molecule is CNC(c1ccc(F)c(F)c1Br)C1CCOCC1. The maximum absolute atomic E-state index is 13.6. The fraction of sp³-hybridized carbons (Fsp3) is 0.538. The maximum Gasteiger partial charge on any atom is 0.173 e. The number of hydrogen-bond donors (Lipinski definition) is 1. The zero-order valence-corrected chi connectivity index (χ0v) is 11.8. The third kappa shape index (κ3) is 2.73. The first-order valence-electron chi connectivity index (χ1n) is 6.03. The molecule has 2 nitrogen and oxygen atoms in total. The monoisotopic (exact) mass is 319 g/mol. The highest BCUT2D eigenvalue weighted by Crippen LogP contribution is 2.35. The molecule has 1 unspecified atom stereocenters. The topological polar surface area (TPSA) is 21.3 Å². The van der Waals surface area contributed by atoms with Gasteiger partial charge in [-0.15, -0.1) is 0 Å². The van der Waals surface area contributed by atoms with Gasteiger partial charge in [0.15, 0.2) is 11.6 Å². The Labute approximate surface area is 114 Å². The first-order valence-corrected chi connectivity index (χ1v) is 6.83. The molecule has 18 heavy (non-hydrogen) atoms. The van der Waals surface area contributed by atoms with E-state index >= 15 is 0 Å². The minimum Gasteiger partial charge on any atom is -0.381 e. The molecule has 0 bridgehead atoms. The van der Waals surface area contributed by atoms with Crippen LogP contribution in [0.4, 0.5) is 8.78 Å². The predicted molar refractivity (Wildman–Crippen MR) is 69.4 cm³/mol. The van der Waals surface area contributed by atoms with Crippen molar-refractivity contribution in [3.63, 3.8) is 0 Å². The maximum atomic E-state index is 13.6. The first-order chi connectivity index (χ1) is 8.65. The van der Waals surface area contributed by atoms with E-state index < -0.39 is 11.6 Å². The number of halogens is 3. The van der Waals surface area contributed by atoms with Crippen LogP contribution in [0.3, 0.4) is 0 Å². The van der Waals surface area contributed by atoms with Gasteiger partial charge in [-0.05, 0) is 53.4 Å². The summed E-state index contributed by atoms with van der Waals surface area (Å²) in [6.45, 7) is 1.45. The summed E-state index contributed by atoms with van der Waals surface area (Å²) in [7, 11) is 1.84. The second-order valence-electron chi connectivity index (χ2n) is 4.48. The third-order valence-electron chi connectivity index (χ3n) is 3.45. The average Bonchev–Trinajstić information content (AvgIpc) is 2.41. The molecule has 1 saturated heterocycles. The van der Waals surface area contributed by atoms with Crippen molar-refractivity contribution >= 4 is 15.9 Å². The average molecular weight is 320 g/mol. The summed E-state index contributed by atoms with van der Waals surface area (Å²) in [5, 5.41) is 3.20. The molecule has 0 amide bonds. The highest BCUT2D eigenvalue weighted by atomic mass is 79.9. The van der Waals surface area contributed by atoms with E-state index in [2.05, 4.69) is 21.2 Å². The lowest BCUT2D eigenvalue weighted by atomic mass is 9.87. The quantitative estimate of drug-likeness (QED) is 0.862. The Morgan fingerprint density at radius 2 is 2.00 bits per heavy atom. The van der Waals surface area contributed by atoms with Gasteiger partial charge in [0, 0.05) is 19.3 Å². The van der Waals surface area contributed by atoms with Gasteiger partial charge in [-0.2, -0.15) is 0 Å². The number of hydrogen-bond acceptors (Lipinski definition) is 2. The summed E-state index contributed by atoms with van der Waals surface area (Å²) in [5.74, 6) is -1.27. The molecule has 1 heterocycles. The molecule has 1 aromatic carbocycles. The van der Waals surface area contributed by atoms with E-state index in [0.717, 1.165) is 31.6 Å². The molecule has 2 rings (SSSR count). The molecule has 1 aliphatic rings. The highest BCUT2D eigenvalue weighted by molar-refractivity contribution is 9.10. The van der Waals surface area contributed by atoms with Crippen molar-refractivity contribution in [2.45, 2.75) is 18.9 Å². The van der Waals surface area contributed by atoms with Crippen LogP contribution in [0.2, 0.25) is 0 Å². The molecule has 100 valence electrons. The lowest BCUT2D eigenvalue weighted by Gasteiger charge is -2.31. The van der Waals surface area contributed by atoms with Crippen LogP contribution in [-0.2, 0) is 4.74 Å². The van der Waals surface area contributed by atoms with Gasteiger partial charge in [0.2, 0.25) is 0 Å². The summed E-state index contributed by atoms with van der Waals surface area (Å²) >= 11 is 3.15. The van der Waals surface area contributed by atoms with Crippen LogP contribution in [0, 0.1) is 17.6 Å². The minimum absolute atomic E-state index is 0.0124. The van der Waals surface area contributed by atoms with Crippen molar-refractivity contribution < 1.29 is 13.5 Å². The number of ether oxygens (including phenoxy) is 1. The molecular formula is C13H16BrF2NO. The van der Waals surface area contributed by atoms with Gasteiger partial charge in [0.25, 0.3) is 0 Å². The third-order valence-corrected chi connectivity index (χ3v) is 4.25.